The third-order valence-corrected chi connectivity index (χ3v) is 7.59. The van der Waals surface area contributed by atoms with Gasteiger partial charge in [-0.25, -0.2) is 9.37 Å². The van der Waals surface area contributed by atoms with Gasteiger partial charge >= 0.3 is 0 Å². The third-order valence-electron chi connectivity index (χ3n) is 7.59. The Morgan fingerprint density at radius 2 is 1.76 bits per heavy atom. The summed E-state index contributed by atoms with van der Waals surface area (Å²) in [6.45, 7) is 0.473. The van der Waals surface area contributed by atoms with E-state index in [-0.39, 0.29) is 11.9 Å². The third kappa shape index (κ3) is 4.37. The fraction of sp³-hybridized carbons (Fsp3) is 0.152. The van der Waals surface area contributed by atoms with E-state index in [4.69, 9.17) is 19.2 Å². The number of imidazole rings is 1. The summed E-state index contributed by atoms with van der Waals surface area (Å²) in [6.07, 6.45) is 2.50. The molecule has 7 nitrogen and oxygen atoms in total. The van der Waals surface area contributed by atoms with E-state index in [1.54, 1.807) is 26.4 Å². The Morgan fingerprint density at radius 1 is 0.951 bits per heavy atom. The van der Waals surface area contributed by atoms with Gasteiger partial charge in [-0.2, -0.15) is 0 Å². The second-order valence-electron chi connectivity index (χ2n) is 9.91. The van der Waals surface area contributed by atoms with E-state index in [2.05, 4.69) is 45.2 Å². The molecule has 0 fully saturated rings. The van der Waals surface area contributed by atoms with Gasteiger partial charge in [-0.05, 0) is 59.7 Å². The van der Waals surface area contributed by atoms with Gasteiger partial charge in [0.05, 0.1) is 43.1 Å². The molecule has 1 aromatic heterocycles. The molecule has 0 radical (unpaired) electrons. The van der Waals surface area contributed by atoms with Crippen molar-refractivity contribution in [2.45, 2.75) is 12.5 Å². The highest BCUT2D eigenvalue weighted by molar-refractivity contribution is 6.06. The van der Waals surface area contributed by atoms with Crippen molar-refractivity contribution in [3.05, 3.63) is 119 Å². The van der Waals surface area contributed by atoms with Crippen molar-refractivity contribution >= 4 is 22.6 Å². The Kier molecular flexibility index (Phi) is 6.15. The number of amidine groups is 1. The monoisotopic (exact) mass is 546 g/mol. The predicted molar refractivity (Wildman–Crippen MR) is 156 cm³/mol. The Bertz CT molecular complexity index is 1820. The fourth-order valence-corrected chi connectivity index (χ4v) is 5.55. The standard InChI is InChI=1S/C33H27FN4O3/c1-39-24-17-28(40-2)30-29(18-24)41-16-15-25-31(36-33(37-32(25)30)21-7-11-22(34)12-8-21)20-9-13-23(14-10-20)38-19-35-26-5-3-4-6-27(26)38/h3-14,17-19,31H,15-16H2,1-2H3,(H,36,37). The molecule has 0 amide bonds. The molecule has 0 aliphatic carbocycles. The van der Waals surface area contributed by atoms with Crippen LogP contribution < -0.4 is 19.5 Å². The number of nitrogens with zero attached hydrogens (tertiary/aromatic N) is 3. The molecular formula is C33H27FN4O3. The number of hydrogen-bond donors (Lipinski definition) is 1. The number of benzene rings is 4. The van der Waals surface area contributed by atoms with Gasteiger partial charge < -0.3 is 19.5 Å². The number of nitrogens with one attached hydrogen (secondary N) is 1. The largest absolute Gasteiger partial charge is 0.496 e. The number of hydrogen-bond acceptors (Lipinski definition) is 6. The zero-order valence-corrected chi connectivity index (χ0v) is 22.6. The van der Waals surface area contributed by atoms with Crippen LogP contribution in [-0.4, -0.2) is 36.2 Å². The van der Waals surface area contributed by atoms with E-state index in [0.717, 1.165) is 44.7 Å². The zero-order chi connectivity index (χ0) is 27.9. The minimum Gasteiger partial charge on any atom is -0.496 e. The molecule has 3 heterocycles. The van der Waals surface area contributed by atoms with Crippen LogP contribution in [0.25, 0.3) is 22.4 Å². The first-order valence-corrected chi connectivity index (χ1v) is 13.4. The van der Waals surface area contributed by atoms with Gasteiger partial charge in [-0.1, -0.05) is 24.3 Å². The lowest BCUT2D eigenvalue weighted by Crippen LogP contribution is -2.30. The quantitative estimate of drug-likeness (QED) is 0.274. The lowest BCUT2D eigenvalue weighted by Gasteiger charge is -2.29. The highest BCUT2D eigenvalue weighted by Gasteiger charge is 2.32. The van der Waals surface area contributed by atoms with Crippen molar-refractivity contribution < 1.29 is 18.6 Å². The lowest BCUT2D eigenvalue weighted by atomic mass is 9.90. The van der Waals surface area contributed by atoms with Crippen LogP contribution in [0.4, 0.5) is 4.39 Å². The molecule has 5 aromatic rings. The highest BCUT2D eigenvalue weighted by atomic mass is 19.1. The van der Waals surface area contributed by atoms with E-state index in [0.29, 0.717) is 36.1 Å². The maximum absolute atomic E-state index is 13.8. The van der Waals surface area contributed by atoms with Crippen molar-refractivity contribution in [1.82, 2.24) is 14.9 Å². The second-order valence-corrected chi connectivity index (χ2v) is 9.91. The summed E-state index contributed by atoms with van der Waals surface area (Å²) < 4.78 is 33.4. The molecule has 2 aliphatic heterocycles. The van der Waals surface area contributed by atoms with E-state index in [1.165, 1.54) is 12.1 Å². The van der Waals surface area contributed by atoms with E-state index in [1.807, 2.05) is 36.7 Å². The number of ether oxygens (including phenoxy) is 3. The smallest absolute Gasteiger partial charge is 0.136 e. The fourth-order valence-electron chi connectivity index (χ4n) is 5.55. The van der Waals surface area contributed by atoms with Crippen LogP contribution in [0.3, 0.4) is 0 Å². The Morgan fingerprint density at radius 3 is 2.54 bits per heavy atom. The molecule has 204 valence electrons. The maximum atomic E-state index is 13.8. The predicted octanol–water partition coefficient (Wildman–Crippen LogP) is 6.47. The van der Waals surface area contributed by atoms with Crippen LogP contribution in [0, 0.1) is 5.82 Å². The van der Waals surface area contributed by atoms with Crippen molar-refractivity contribution in [2.75, 3.05) is 20.8 Å². The summed E-state index contributed by atoms with van der Waals surface area (Å²) in [5, 5.41) is 3.55. The SMILES string of the molecule is COc1cc(OC)c2c(c1)OCCC1=C2NC(c2ccc(F)cc2)=NC1c1ccc(-n2cnc3ccccc32)cc1. The van der Waals surface area contributed by atoms with Crippen molar-refractivity contribution in [2.24, 2.45) is 4.99 Å². The molecule has 2 aliphatic rings. The zero-order valence-electron chi connectivity index (χ0n) is 22.6. The topological polar surface area (TPSA) is 69.9 Å². The molecule has 0 spiro atoms. The van der Waals surface area contributed by atoms with Gasteiger partial charge in [-0.15, -0.1) is 0 Å². The first-order valence-electron chi connectivity index (χ1n) is 13.4. The number of fused-ring (bicyclic) bond motifs is 3. The van der Waals surface area contributed by atoms with Crippen LogP contribution in [0.15, 0.2) is 102 Å². The van der Waals surface area contributed by atoms with E-state index < -0.39 is 0 Å². The molecule has 0 saturated heterocycles. The van der Waals surface area contributed by atoms with Gasteiger partial charge in [0.15, 0.2) is 0 Å². The number of rotatable bonds is 5. The average molecular weight is 547 g/mol. The summed E-state index contributed by atoms with van der Waals surface area (Å²) in [6, 6.07) is 26.2. The Labute approximate surface area is 236 Å². The van der Waals surface area contributed by atoms with Crippen LogP contribution in [0.5, 0.6) is 17.2 Å². The van der Waals surface area contributed by atoms with Crippen LogP contribution in [0.1, 0.15) is 29.2 Å². The molecule has 1 N–H and O–H groups in total. The normalized spacial score (nSPS) is 16.2. The second kappa shape index (κ2) is 10.1. The Hall–Kier alpha value is -5.11. The first-order chi connectivity index (χ1) is 20.1. The molecule has 7 rings (SSSR count). The van der Waals surface area contributed by atoms with Gasteiger partial charge in [0, 0.05) is 29.8 Å². The number of methoxy groups -OCH3 is 2. The summed E-state index contributed by atoms with van der Waals surface area (Å²) >= 11 is 0. The summed E-state index contributed by atoms with van der Waals surface area (Å²) in [5.74, 6) is 2.28. The summed E-state index contributed by atoms with van der Waals surface area (Å²) in [4.78, 5) is 9.70. The molecule has 0 bridgehead atoms. The maximum Gasteiger partial charge on any atom is 0.136 e. The number of halogens is 1. The molecular weight excluding hydrogens is 519 g/mol. The molecule has 1 atom stereocenters. The van der Waals surface area contributed by atoms with Crippen LogP contribution in [0.2, 0.25) is 0 Å². The minimum atomic E-state index is -0.300. The van der Waals surface area contributed by atoms with Crippen LogP contribution >= 0.6 is 0 Å². The number of aliphatic imine (C=N–C) groups is 1. The molecule has 4 aromatic carbocycles. The van der Waals surface area contributed by atoms with E-state index in [9.17, 15) is 4.39 Å². The Balaban J connectivity index is 1.37. The van der Waals surface area contributed by atoms with Gasteiger partial charge in [0.1, 0.15) is 41.3 Å². The van der Waals surface area contributed by atoms with Gasteiger partial charge in [0.25, 0.3) is 0 Å². The minimum absolute atomic E-state index is 0.291. The molecule has 0 saturated carbocycles. The summed E-state index contributed by atoms with van der Waals surface area (Å²) in [5.41, 5.74) is 7.58. The highest BCUT2D eigenvalue weighted by Crippen LogP contribution is 2.46. The molecule has 8 heteroatoms. The summed E-state index contributed by atoms with van der Waals surface area (Å²) in [7, 11) is 3.25. The van der Waals surface area contributed by atoms with Gasteiger partial charge in [0.2, 0.25) is 0 Å². The number of aromatic nitrogens is 2. The number of para-hydroxylation sites is 2. The average Bonchev–Trinajstić information content (AvgIpc) is 3.36. The first kappa shape index (κ1) is 24.9. The van der Waals surface area contributed by atoms with Crippen molar-refractivity contribution in [1.29, 1.82) is 0 Å². The molecule has 41 heavy (non-hydrogen) atoms. The van der Waals surface area contributed by atoms with Crippen molar-refractivity contribution in [3.8, 4) is 22.9 Å². The molecule has 1 unspecified atom stereocenters. The van der Waals surface area contributed by atoms with Crippen molar-refractivity contribution in [3.63, 3.8) is 0 Å². The lowest BCUT2D eigenvalue weighted by molar-refractivity contribution is 0.315. The van der Waals surface area contributed by atoms with E-state index >= 15 is 0 Å². The van der Waals surface area contributed by atoms with Gasteiger partial charge in [-0.3, -0.25) is 9.56 Å². The van der Waals surface area contributed by atoms with Crippen LogP contribution in [-0.2, 0) is 0 Å².